The molecule has 0 aliphatic heterocycles. The number of nitrogens with zero attached hydrogens (tertiary/aromatic N) is 2. The van der Waals surface area contributed by atoms with Crippen LogP contribution in [-0.2, 0) is 11.3 Å². The summed E-state index contributed by atoms with van der Waals surface area (Å²) in [6.45, 7) is 0.252. The van der Waals surface area contributed by atoms with Gasteiger partial charge in [0.25, 0.3) is 5.56 Å². The van der Waals surface area contributed by atoms with Gasteiger partial charge in [0.2, 0.25) is 0 Å². The fraction of sp³-hybridized carbons (Fsp3) is 0.118. The third-order valence-electron chi connectivity index (χ3n) is 3.59. The van der Waals surface area contributed by atoms with Crippen molar-refractivity contribution in [3.63, 3.8) is 0 Å². The monoisotopic (exact) mass is 312 g/mol. The summed E-state index contributed by atoms with van der Waals surface area (Å²) < 4.78 is 1.47. The van der Waals surface area contributed by atoms with E-state index in [1.807, 2.05) is 6.07 Å². The molecule has 0 radical (unpaired) electrons. The maximum Gasteiger partial charge on any atom is 0.261 e. The SMILES string of the molecule is O=CC(Cn1cnc2ccccc2c1=O)c1ccc(Cl)cc1. The van der Waals surface area contributed by atoms with Crippen molar-refractivity contribution < 1.29 is 4.79 Å². The van der Waals surface area contributed by atoms with E-state index in [-0.39, 0.29) is 12.1 Å². The molecule has 3 aromatic rings. The van der Waals surface area contributed by atoms with E-state index < -0.39 is 5.92 Å². The lowest BCUT2D eigenvalue weighted by Crippen LogP contribution is -2.24. The standard InChI is InChI=1S/C17H13ClN2O2/c18-14-7-5-12(6-8-14)13(10-21)9-20-11-19-16-4-2-1-3-15(16)17(20)22/h1-8,10-11,13H,9H2. The summed E-state index contributed by atoms with van der Waals surface area (Å²) in [4.78, 5) is 28.1. The molecule has 0 fully saturated rings. The number of hydrogen-bond donors (Lipinski definition) is 0. The first-order chi connectivity index (χ1) is 10.7. The fourth-order valence-electron chi connectivity index (χ4n) is 2.39. The summed E-state index contributed by atoms with van der Waals surface area (Å²) in [6, 6.07) is 14.2. The zero-order valence-electron chi connectivity index (χ0n) is 11.6. The Morgan fingerprint density at radius 3 is 2.59 bits per heavy atom. The van der Waals surface area contributed by atoms with Crippen molar-refractivity contribution in [1.29, 1.82) is 0 Å². The molecule has 1 aromatic heterocycles. The molecule has 5 heteroatoms. The van der Waals surface area contributed by atoms with Crippen LogP contribution in [0, 0.1) is 0 Å². The number of para-hydroxylation sites is 1. The van der Waals surface area contributed by atoms with Gasteiger partial charge in [0.1, 0.15) is 6.29 Å². The van der Waals surface area contributed by atoms with E-state index in [9.17, 15) is 9.59 Å². The molecule has 0 bridgehead atoms. The Bertz CT molecular complexity index is 872. The summed E-state index contributed by atoms with van der Waals surface area (Å²) in [6.07, 6.45) is 2.32. The predicted molar refractivity (Wildman–Crippen MR) is 86.3 cm³/mol. The third kappa shape index (κ3) is 2.78. The Kier molecular flexibility index (Phi) is 4.02. The molecule has 3 rings (SSSR count). The van der Waals surface area contributed by atoms with Crippen LogP contribution in [0.1, 0.15) is 11.5 Å². The van der Waals surface area contributed by atoms with Crippen molar-refractivity contribution in [2.45, 2.75) is 12.5 Å². The van der Waals surface area contributed by atoms with Crippen LogP contribution < -0.4 is 5.56 Å². The zero-order valence-corrected chi connectivity index (χ0v) is 12.4. The van der Waals surface area contributed by atoms with E-state index in [2.05, 4.69) is 4.98 Å². The molecular weight excluding hydrogens is 300 g/mol. The van der Waals surface area contributed by atoms with Gasteiger partial charge in [-0.1, -0.05) is 35.9 Å². The first-order valence-electron chi connectivity index (χ1n) is 6.84. The van der Waals surface area contributed by atoms with Crippen molar-refractivity contribution in [3.8, 4) is 0 Å². The van der Waals surface area contributed by atoms with Crippen LogP contribution >= 0.6 is 11.6 Å². The van der Waals surface area contributed by atoms with Crippen molar-refractivity contribution in [2.24, 2.45) is 0 Å². The number of fused-ring (bicyclic) bond motifs is 1. The van der Waals surface area contributed by atoms with Crippen molar-refractivity contribution >= 4 is 28.8 Å². The second-order valence-electron chi connectivity index (χ2n) is 5.01. The zero-order chi connectivity index (χ0) is 15.5. The maximum absolute atomic E-state index is 12.5. The van der Waals surface area contributed by atoms with Crippen LogP contribution in [0.3, 0.4) is 0 Å². The lowest BCUT2D eigenvalue weighted by Gasteiger charge is -2.13. The summed E-state index contributed by atoms with van der Waals surface area (Å²) in [7, 11) is 0. The molecule has 110 valence electrons. The predicted octanol–water partition coefficient (Wildman–Crippen LogP) is 3.03. The van der Waals surface area contributed by atoms with Gasteiger partial charge in [0.15, 0.2) is 0 Å². The third-order valence-corrected chi connectivity index (χ3v) is 3.84. The normalized spacial score (nSPS) is 12.2. The van der Waals surface area contributed by atoms with Gasteiger partial charge in [-0.25, -0.2) is 4.98 Å². The molecule has 4 nitrogen and oxygen atoms in total. The molecule has 0 saturated heterocycles. The van der Waals surface area contributed by atoms with Gasteiger partial charge in [-0.2, -0.15) is 0 Å². The second-order valence-corrected chi connectivity index (χ2v) is 5.45. The lowest BCUT2D eigenvalue weighted by molar-refractivity contribution is -0.109. The van der Waals surface area contributed by atoms with E-state index in [1.54, 1.807) is 42.5 Å². The highest BCUT2D eigenvalue weighted by Gasteiger charge is 2.13. The Morgan fingerprint density at radius 1 is 1.14 bits per heavy atom. The number of carbonyl (C=O) groups is 1. The maximum atomic E-state index is 12.5. The Balaban J connectivity index is 1.97. The van der Waals surface area contributed by atoms with Crippen molar-refractivity contribution in [2.75, 3.05) is 0 Å². The molecule has 0 aliphatic rings. The topological polar surface area (TPSA) is 52.0 Å². The minimum absolute atomic E-state index is 0.147. The van der Waals surface area contributed by atoms with E-state index in [0.717, 1.165) is 11.8 Å². The molecule has 0 amide bonds. The number of halogens is 1. The van der Waals surface area contributed by atoms with E-state index >= 15 is 0 Å². The number of carbonyl (C=O) groups excluding carboxylic acids is 1. The summed E-state index contributed by atoms with van der Waals surface area (Å²) >= 11 is 5.86. The Morgan fingerprint density at radius 2 is 1.86 bits per heavy atom. The Labute approximate surface area is 132 Å². The van der Waals surface area contributed by atoms with Crippen LogP contribution in [0.25, 0.3) is 10.9 Å². The van der Waals surface area contributed by atoms with Gasteiger partial charge < -0.3 is 4.79 Å². The average molecular weight is 313 g/mol. The number of aldehydes is 1. The molecule has 1 unspecified atom stereocenters. The van der Waals surface area contributed by atoms with Gasteiger partial charge in [-0.15, -0.1) is 0 Å². The lowest BCUT2D eigenvalue weighted by atomic mass is 10.0. The van der Waals surface area contributed by atoms with E-state index in [1.165, 1.54) is 10.9 Å². The van der Waals surface area contributed by atoms with Gasteiger partial charge in [-0.3, -0.25) is 9.36 Å². The summed E-state index contributed by atoms with van der Waals surface area (Å²) in [5, 5.41) is 1.16. The molecular formula is C17H13ClN2O2. The molecule has 22 heavy (non-hydrogen) atoms. The average Bonchev–Trinajstić information content (AvgIpc) is 2.56. The molecule has 0 aliphatic carbocycles. The van der Waals surface area contributed by atoms with Crippen LogP contribution in [0.5, 0.6) is 0 Å². The first-order valence-corrected chi connectivity index (χ1v) is 7.22. The van der Waals surface area contributed by atoms with E-state index in [0.29, 0.717) is 15.9 Å². The van der Waals surface area contributed by atoms with E-state index in [4.69, 9.17) is 11.6 Å². The van der Waals surface area contributed by atoms with Gasteiger partial charge in [0.05, 0.1) is 23.1 Å². The molecule has 0 saturated carbocycles. The molecule has 0 spiro atoms. The summed E-state index contributed by atoms with van der Waals surface area (Å²) in [5.74, 6) is -0.419. The smallest absolute Gasteiger partial charge is 0.261 e. The highest BCUT2D eigenvalue weighted by atomic mass is 35.5. The minimum Gasteiger partial charge on any atom is -0.303 e. The van der Waals surface area contributed by atoms with Gasteiger partial charge in [-0.05, 0) is 29.8 Å². The molecule has 1 heterocycles. The van der Waals surface area contributed by atoms with Crippen LogP contribution in [0.15, 0.2) is 59.7 Å². The number of benzene rings is 2. The van der Waals surface area contributed by atoms with Crippen molar-refractivity contribution in [3.05, 3.63) is 75.8 Å². The molecule has 1 atom stereocenters. The number of hydrogen-bond acceptors (Lipinski definition) is 3. The second kappa shape index (κ2) is 6.12. The quantitative estimate of drug-likeness (QED) is 0.696. The molecule has 2 aromatic carbocycles. The fourth-order valence-corrected chi connectivity index (χ4v) is 2.51. The van der Waals surface area contributed by atoms with Gasteiger partial charge >= 0.3 is 0 Å². The first kappa shape index (κ1) is 14.5. The van der Waals surface area contributed by atoms with Crippen LogP contribution in [0.4, 0.5) is 0 Å². The number of aromatic nitrogens is 2. The number of rotatable bonds is 4. The van der Waals surface area contributed by atoms with Crippen LogP contribution in [-0.4, -0.2) is 15.8 Å². The van der Waals surface area contributed by atoms with Gasteiger partial charge in [0, 0.05) is 11.6 Å². The summed E-state index contributed by atoms with van der Waals surface area (Å²) in [5.41, 5.74) is 1.32. The van der Waals surface area contributed by atoms with Crippen LogP contribution in [0.2, 0.25) is 5.02 Å². The highest BCUT2D eigenvalue weighted by molar-refractivity contribution is 6.30. The highest BCUT2D eigenvalue weighted by Crippen LogP contribution is 2.18. The molecule has 0 N–H and O–H groups in total. The Hall–Kier alpha value is -2.46. The minimum atomic E-state index is -0.419. The largest absolute Gasteiger partial charge is 0.303 e. The van der Waals surface area contributed by atoms with Crippen molar-refractivity contribution in [1.82, 2.24) is 9.55 Å².